The highest BCUT2D eigenvalue weighted by molar-refractivity contribution is 6.04. The summed E-state index contributed by atoms with van der Waals surface area (Å²) in [6.07, 6.45) is 0.489. The van der Waals surface area contributed by atoms with Gasteiger partial charge in [-0.1, -0.05) is 12.1 Å². The van der Waals surface area contributed by atoms with Gasteiger partial charge in [0.2, 0.25) is 5.91 Å². The number of hydrogen-bond donors (Lipinski definition) is 2. The van der Waals surface area contributed by atoms with Crippen LogP contribution in [0.1, 0.15) is 48.6 Å². The van der Waals surface area contributed by atoms with Crippen molar-refractivity contribution in [3.8, 4) is 5.75 Å². The summed E-state index contributed by atoms with van der Waals surface area (Å²) in [6, 6.07) is 6.08. The molecule has 3 aliphatic rings. The van der Waals surface area contributed by atoms with E-state index < -0.39 is 24.2 Å². The Morgan fingerprint density at radius 2 is 2.11 bits per heavy atom. The monoisotopic (exact) mass is 501 g/mol. The highest BCUT2D eigenvalue weighted by Gasteiger charge is 2.45. The number of alkyl halides is 2. The lowest BCUT2D eigenvalue weighted by Crippen LogP contribution is -2.42. The lowest BCUT2D eigenvalue weighted by atomic mass is 9.91. The molecule has 1 fully saturated rings. The number of amides is 1. The molecule has 1 aromatic heterocycles. The number of rotatable bonds is 4. The maximum atomic E-state index is 14.2. The van der Waals surface area contributed by atoms with E-state index in [-0.39, 0.29) is 36.0 Å². The third kappa shape index (κ3) is 3.73. The molecule has 11 heteroatoms. The molecule has 2 aromatic rings. The number of aromatic nitrogens is 1. The van der Waals surface area contributed by atoms with Gasteiger partial charge in [0.05, 0.1) is 29.3 Å². The molecule has 36 heavy (non-hydrogen) atoms. The van der Waals surface area contributed by atoms with Crippen molar-refractivity contribution in [3.05, 3.63) is 56.9 Å². The topological polar surface area (TPSA) is 97.2 Å². The second-order valence-electron chi connectivity index (χ2n) is 9.50. The Morgan fingerprint density at radius 1 is 1.33 bits per heavy atom. The van der Waals surface area contributed by atoms with Gasteiger partial charge in [-0.15, -0.1) is 0 Å². The molecule has 0 radical (unpaired) electrons. The van der Waals surface area contributed by atoms with Crippen LogP contribution in [0.2, 0.25) is 0 Å². The van der Waals surface area contributed by atoms with E-state index in [1.165, 1.54) is 17.6 Å². The highest BCUT2D eigenvalue weighted by Crippen LogP contribution is 2.44. The molecular weight excluding hydrogens is 472 g/mol. The summed E-state index contributed by atoms with van der Waals surface area (Å²) in [5.41, 5.74) is 0.400. The second-order valence-corrected chi connectivity index (χ2v) is 9.50. The molecule has 4 heterocycles. The van der Waals surface area contributed by atoms with Crippen molar-refractivity contribution in [2.75, 3.05) is 38.8 Å². The Hall–Kier alpha value is -3.47. The van der Waals surface area contributed by atoms with Crippen LogP contribution in [0, 0.1) is 0 Å². The van der Waals surface area contributed by atoms with Gasteiger partial charge in [-0.05, 0) is 19.1 Å². The van der Waals surface area contributed by atoms with Crippen molar-refractivity contribution >= 4 is 17.6 Å². The van der Waals surface area contributed by atoms with Gasteiger partial charge in [0.25, 0.3) is 5.56 Å². The van der Waals surface area contributed by atoms with Gasteiger partial charge < -0.3 is 25.0 Å². The molecule has 5 rings (SSSR count). The van der Waals surface area contributed by atoms with Crippen molar-refractivity contribution in [1.29, 1.82) is 0 Å². The standard InChI is InChI=1S/C25H29F2N5O4/c1-14(16-6-5-7-18-20(16)36-12-25(18,26)27)30-21-17-10-19(23(34)31(3)22(17)29-13-28-21)24(35-4)8-9-32(11-24)15(2)33/h5-7,10,14,29H,8-9,11-13H2,1-4H3,(H,28,30)/t14-,24+/m1/s1. The molecule has 0 saturated carbocycles. The smallest absolute Gasteiger partial charge is 0.310 e. The van der Waals surface area contributed by atoms with E-state index in [2.05, 4.69) is 15.6 Å². The van der Waals surface area contributed by atoms with Crippen LogP contribution in [0.4, 0.5) is 14.6 Å². The Morgan fingerprint density at radius 3 is 2.81 bits per heavy atom. The number of pyridine rings is 1. The summed E-state index contributed by atoms with van der Waals surface area (Å²) in [4.78, 5) is 31.6. The Bertz CT molecular complexity index is 1320. The molecule has 3 aliphatic heterocycles. The first-order valence-electron chi connectivity index (χ1n) is 11.8. The minimum absolute atomic E-state index is 0.0775. The molecule has 2 atom stereocenters. The minimum atomic E-state index is -3.03. The summed E-state index contributed by atoms with van der Waals surface area (Å²) in [5, 5.41) is 6.48. The Labute approximate surface area is 207 Å². The molecule has 0 unspecified atom stereocenters. The maximum absolute atomic E-state index is 14.2. The lowest BCUT2D eigenvalue weighted by molar-refractivity contribution is -0.129. The van der Waals surface area contributed by atoms with Gasteiger partial charge in [0.15, 0.2) is 6.61 Å². The number of para-hydroxylation sites is 1. The van der Waals surface area contributed by atoms with Crippen LogP contribution in [0.3, 0.4) is 0 Å². The molecule has 1 amide bonds. The summed E-state index contributed by atoms with van der Waals surface area (Å²) in [7, 11) is 3.22. The zero-order chi connectivity index (χ0) is 25.8. The van der Waals surface area contributed by atoms with E-state index in [1.807, 2.05) is 6.92 Å². The highest BCUT2D eigenvalue weighted by atomic mass is 19.3. The third-order valence-electron chi connectivity index (χ3n) is 7.37. The van der Waals surface area contributed by atoms with Crippen LogP contribution in [-0.4, -0.2) is 54.7 Å². The first kappa shape index (κ1) is 24.2. The number of benzene rings is 1. The van der Waals surface area contributed by atoms with Crippen LogP contribution in [0.15, 0.2) is 34.1 Å². The lowest BCUT2D eigenvalue weighted by Gasteiger charge is -2.31. The van der Waals surface area contributed by atoms with Gasteiger partial charge in [-0.3, -0.25) is 14.2 Å². The largest absolute Gasteiger partial charge is 0.486 e. The van der Waals surface area contributed by atoms with Crippen LogP contribution >= 0.6 is 0 Å². The average molecular weight is 502 g/mol. The number of ether oxygens (including phenoxy) is 2. The van der Waals surface area contributed by atoms with Crippen LogP contribution in [0.25, 0.3) is 0 Å². The summed E-state index contributed by atoms with van der Waals surface area (Å²) >= 11 is 0. The number of halogens is 2. The van der Waals surface area contributed by atoms with Crippen molar-refractivity contribution in [2.45, 2.75) is 37.8 Å². The van der Waals surface area contributed by atoms with Crippen LogP contribution in [0.5, 0.6) is 5.75 Å². The summed E-state index contributed by atoms with van der Waals surface area (Å²) < 4.78 is 41.2. The number of likely N-dealkylation sites (tertiary alicyclic amines) is 1. The molecule has 0 spiro atoms. The Kier molecular flexibility index (Phi) is 5.77. The van der Waals surface area contributed by atoms with E-state index in [9.17, 15) is 18.4 Å². The van der Waals surface area contributed by atoms with Gasteiger partial charge in [-0.25, -0.2) is 4.99 Å². The molecule has 1 aromatic carbocycles. The number of nitrogens with one attached hydrogen (secondary N) is 2. The van der Waals surface area contributed by atoms with E-state index >= 15 is 0 Å². The predicted molar refractivity (Wildman–Crippen MR) is 130 cm³/mol. The molecular formula is C25H29F2N5O4. The third-order valence-corrected chi connectivity index (χ3v) is 7.37. The number of carbonyl (C=O) groups excluding carboxylic acids is 1. The van der Waals surface area contributed by atoms with E-state index in [1.54, 1.807) is 37.3 Å². The summed E-state index contributed by atoms with van der Waals surface area (Å²) in [5.74, 6) is -1.82. The number of fused-ring (bicyclic) bond motifs is 2. The predicted octanol–water partition coefficient (Wildman–Crippen LogP) is 2.44. The normalized spacial score (nSPS) is 22.7. The molecule has 192 valence electrons. The van der Waals surface area contributed by atoms with Gasteiger partial charge >= 0.3 is 5.92 Å². The first-order chi connectivity index (χ1) is 17.1. The maximum Gasteiger partial charge on any atom is 0.310 e. The van der Waals surface area contributed by atoms with Crippen LogP contribution < -0.4 is 20.9 Å². The SMILES string of the molecule is CO[C@@]1(c2cc3c(n(C)c2=O)NCN=C3N[C@H](C)c2cccc3c2OCC3(F)F)CCN(C(C)=O)C1. The zero-order valence-electron chi connectivity index (χ0n) is 20.7. The number of carbonyl (C=O) groups is 1. The van der Waals surface area contributed by atoms with Gasteiger partial charge in [0.1, 0.15) is 29.7 Å². The van der Waals surface area contributed by atoms with E-state index in [0.29, 0.717) is 41.3 Å². The van der Waals surface area contributed by atoms with Crippen molar-refractivity contribution < 1.29 is 23.0 Å². The minimum Gasteiger partial charge on any atom is -0.486 e. The number of anilines is 1. The summed E-state index contributed by atoms with van der Waals surface area (Å²) in [6.45, 7) is 3.67. The van der Waals surface area contributed by atoms with E-state index in [4.69, 9.17) is 9.47 Å². The van der Waals surface area contributed by atoms with Gasteiger partial charge in [0, 0.05) is 39.6 Å². The van der Waals surface area contributed by atoms with Gasteiger partial charge in [-0.2, -0.15) is 8.78 Å². The van der Waals surface area contributed by atoms with Crippen molar-refractivity contribution in [3.63, 3.8) is 0 Å². The second kappa shape index (κ2) is 8.58. The fraction of sp³-hybridized carbons (Fsp3) is 0.480. The fourth-order valence-electron chi connectivity index (χ4n) is 5.28. The number of hydrogen-bond acceptors (Lipinski definition) is 7. The van der Waals surface area contributed by atoms with Crippen molar-refractivity contribution in [1.82, 2.24) is 14.8 Å². The quantitative estimate of drug-likeness (QED) is 0.668. The zero-order valence-corrected chi connectivity index (χ0v) is 20.7. The Balaban J connectivity index is 1.52. The molecule has 9 nitrogen and oxygen atoms in total. The first-order valence-corrected chi connectivity index (χ1v) is 11.8. The van der Waals surface area contributed by atoms with Crippen LogP contribution in [-0.2, 0) is 28.1 Å². The number of methoxy groups -OCH3 is 1. The molecule has 1 saturated heterocycles. The van der Waals surface area contributed by atoms with Crippen molar-refractivity contribution in [2.24, 2.45) is 12.0 Å². The van der Waals surface area contributed by atoms with E-state index in [0.717, 1.165) is 0 Å². The average Bonchev–Trinajstić information content (AvgIpc) is 3.43. The molecule has 0 aliphatic carbocycles. The number of aliphatic imine (C=N–C) groups is 1. The number of nitrogens with zero attached hydrogens (tertiary/aromatic N) is 3. The fourth-order valence-corrected chi connectivity index (χ4v) is 5.28. The molecule has 0 bridgehead atoms. The number of amidine groups is 1. The molecule has 2 N–H and O–H groups in total.